The standard InChI is InChI=1S/C42H53N3O2/c1-10-16-40-43-39(12-3)37(27-31-19-21-32(22-20-31)28-42(6,7)13-4)30(5)45(40)29-33-23-25-34(26-24-33)35-17-14-15-18-36(35)38(11-2)44-41(46-8)47-9/h11,14-15,17-26H,5,10,12-13,16,27-29H2,1-4,6-9H3/b38-11+. The van der Waals surface area contributed by atoms with Gasteiger partial charge in [-0.3, -0.25) is 0 Å². The van der Waals surface area contributed by atoms with Gasteiger partial charge in [0.15, 0.2) is 0 Å². The second-order valence-corrected chi connectivity index (χ2v) is 13.0. The van der Waals surface area contributed by atoms with E-state index in [4.69, 9.17) is 14.5 Å². The molecule has 0 aliphatic carbocycles. The minimum absolute atomic E-state index is 0.224. The molecule has 1 aliphatic rings. The number of amidine groups is 1. The van der Waals surface area contributed by atoms with Crippen molar-refractivity contribution in [1.82, 2.24) is 4.90 Å². The summed E-state index contributed by atoms with van der Waals surface area (Å²) in [7, 11) is 3.11. The molecule has 4 rings (SSSR count). The maximum Gasteiger partial charge on any atom is 0.388 e. The Morgan fingerprint density at radius 1 is 0.894 bits per heavy atom. The number of nitrogens with zero attached hydrogens (tertiary/aromatic N) is 3. The summed E-state index contributed by atoms with van der Waals surface area (Å²) in [6.45, 7) is 18.7. The van der Waals surface area contributed by atoms with Crippen LogP contribution < -0.4 is 0 Å². The monoisotopic (exact) mass is 631 g/mol. The molecule has 248 valence electrons. The van der Waals surface area contributed by atoms with Crippen molar-refractivity contribution in [2.24, 2.45) is 15.4 Å². The average Bonchev–Trinajstić information content (AvgIpc) is 3.09. The van der Waals surface area contributed by atoms with Crippen LogP contribution >= 0.6 is 0 Å². The van der Waals surface area contributed by atoms with Gasteiger partial charge in [0.05, 0.1) is 19.9 Å². The van der Waals surface area contributed by atoms with Gasteiger partial charge in [-0.05, 0) is 59.4 Å². The summed E-state index contributed by atoms with van der Waals surface area (Å²) < 4.78 is 10.5. The zero-order chi connectivity index (χ0) is 34.0. The van der Waals surface area contributed by atoms with Crippen molar-refractivity contribution < 1.29 is 9.47 Å². The average molecular weight is 632 g/mol. The fourth-order valence-corrected chi connectivity index (χ4v) is 6.01. The Kier molecular flexibility index (Phi) is 12.4. The highest BCUT2D eigenvalue weighted by Gasteiger charge is 2.25. The molecular formula is C42H53N3O2. The van der Waals surface area contributed by atoms with E-state index in [1.54, 1.807) is 14.2 Å². The molecule has 0 amide bonds. The van der Waals surface area contributed by atoms with Gasteiger partial charge in [0.1, 0.15) is 5.84 Å². The quantitative estimate of drug-likeness (QED) is 0.139. The van der Waals surface area contributed by atoms with Gasteiger partial charge < -0.3 is 14.4 Å². The summed E-state index contributed by atoms with van der Waals surface area (Å²) in [5, 5.41) is 0. The molecule has 1 heterocycles. The minimum atomic E-state index is 0.224. The SMILES string of the molecule is C=C1C(Cc2ccc(CC(C)(C)CC)cc2)=C(CC)N=C(CCC)N1Cc1ccc(-c2ccccc2/C(=C\C)N=C(OC)OC)cc1. The molecule has 0 unspecified atom stereocenters. The number of benzene rings is 3. The molecule has 1 aliphatic heterocycles. The number of hydrogen-bond acceptors (Lipinski definition) is 5. The molecule has 0 N–H and O–H groups in total. The third-order valence-corrected chi connectivity index (χ3v) is 9.09. The van der Waals surface area contributed by atoms with Gasteiger partial charge in [0.25, 0.3) is 0 Å². The third kappa shape index (κ3) is 8.91. The van der Waals surface area contributed by atoms with Gasteiger partial charge in [-0.1, -0.05) is 126 Å². The van der Waals surface area contributed by atoms with E-state index in [-0.39, 0.29) is 6.08 Å². The van der Waals surface area contributed by atoms with Crippen molar-refractivity contribution in [2.75, 3.05) is 14.2 Å². The van der Waals surface area contributed by atoms with Gasteiger partial charge in [-0.15, -0.1) is 0 Å². The van der Waals surface area contributed by atoms with Crippen LogP contribution in [0.5, 0.6) is 0 Å². The molecule has 3 aromatic rings. The van der Waals surface area contributed by atoms with E-state index in [0.717, 1.165) is 78.3 Å². The van der Waals surface area contributed by atoms with Crippen LogP contribution in [0.15, 0.2) is 112 Å². The molecule has 5 nitrogen and oxygen atoms in total. The lowest BCUT2D eigenvalue weighted by Crippen LogP contribution is -2.33. The summed E-state index contributed by atoms with van der Waals surface area (Å²) in [4.78, 5) is 12.2. The Hall–Kier alpha value is -4.38. The maximum atomic E-state index is 5.26. The van der Waals surface area contributed by atoms with E-state index in [0.29, 0.717) is 5.41 Å². The third-order valence-electron chi connectivity index (χ3n) is 9.09. The first-order chi connectivity index (χ1) is 22.7. The molecule has 0 radical (unpaired) electrons. The molecule has 0 saturated heterocycles. The lowest BCUT2D eigenvalue weighted by molar-refractivity contribution is 0.243. The Morgan fingerprint density at radius 3 is 2.13 bits per heavy atom. The fraction of sp³-hybridized carbons (Fsp3) is 0.381. The molecule has 3 aromatic carbocycles. The van der Waals surface area contributed by atoms with Gasteiger partial charge >= 0.3 is 6.08 Å². The van der Waals surface area contributed by atoms with E-state index in [1.165, 1.54) is 28.7 Å². The lowest BCUT2D eigenvalue weighted by Gasteiger charge is -2.34. The number of hydrogen-bond donors (Lipinski definition) is 0. The number of allylic oxidation sites excluding steroid dienone is 3. The van der Waals surface area contributed by atoms with E-state index in [2.05, 4.69) is 118 Å². The van der Waals surface area contributed by atoms with Crippen LogP contribution in [0.3, 0.4) is 0 Å². The molecule has 0 bridgehead atoms. The van der Waals surface area contributed by atoms with Crippen molar-refractivity contribution >= 4 is 17.6 Å². The molecule has 5 heteroatoms. The topological polar surface area (TPSA) is 46.4 Å². The minimum Gasteiger partial charge on any atom is -0.454 e. The highest BCUT2D eigenvalue weighted by Crippen LogP contribution is 2.34. The second-order valence-electron chi connectivity index (χ2n) is 13.0. The van der Waals surface area contributed by atoms with Crippen LogP contribution in [0.4, 0.5) is 0 Å². The summed E-state index contributed by atoms with van der Waals surface area (Å²) >= 11 is 0. The van der Waals surface area contributed by atoms with E-state index in [1.807, 2.05) is 19.1 Å². The first-order valence-electron chi connectivity index (χ1n) is 17.0. The summed E-state index contributed by atoms with van der Waals surface area (Å²) in [6, 6.07) is 26.3. The van der Waals surface area contributed by atoms with Gasteiger partial charge in [-0.2, -0.15) is 4.99 Å². The van der Waals surface area contributed by atoms with Crippen molar-refractivity contribution in [3.8, 4) is 11.1 Å². The van der Waals surface area contributed by atoms with Crippen LogP contribution in [0.1, 0.15) is 89.5 Å². The smallest absolute Gasteiger partial charge is 0.388 e. The molecule has 0 aromatic heterocycles. The van der Waals surface area contributed by atoms with Crippen molar-refractivity contribution in [2.45, 2.75) is 86.6 Å². The Balaban J connectivity index is 1.58. The Morgan fingerprint density at radius 2 is 1.53 bits per heavy atom. The van der Waals surface area contributed by atoms with E-state index in [9.17, 15) is 0 Å². The fourth-order valence-electron chi connectivity index (χ4n) is 6.01. The van der Waals surface area contributed by atoms with Gasteiger partial charge in [0, 0.05) is 41.9 Å². The van der Waals surface area contributed by atoms with Crippen LogP contribution in [0, 0.1) is 5.41 Å². The number of ether oxygens (including phenoxy) is 2. The highest BCUT2D eigenvalue weighted by atomic mass is 16.7. The second kappa shape index (κ2) is 16.4. The highest BCUT2D eigenvalue weighted by molar-refractivity contribution is 5.88. The Labute approximate surface area is 283 Å². The van der Waals surface area contributed by atoms with E-state index >= 15 is 0 Å². The molecular weight excluding hydrogens is 578 g/mol. The summed E-state index contributed by atoms with van der Waals surface area (Å²) in [6.07, 6.45) is 8.13. The van der Waals surface area contributed by atoms with Crippen molar-refractivity contribution in [3.63, 3.8) is 0 Å². The first-order valence-corrected chi connectivity index (χ1v) is 17.0. The normalized spacial score (nSPS) is 13.9. The molecule has 0 fully saturated rings. The predicted molar refractivity (Wildman–Crippen MR) is 199 cm³/mol. The lowest BCUT2D eigenvalue weighted by atomic mass is 9.83. The first kappa shape index (κ1) is 35.5. The largest absolute Gasteiger partial charge is 0.454 e. The predicted octanol–water partition coefficient (Wildman–Crippen LogP) is 10.8. The molecule has 0 atom stereocenters. The van der Waals surface area contributed by atoms with Crippen LogP contribution in [-0.2, 0) is 28.9 Å². The van der Waals surface area contributed by atoms with Gasteiger partial charge in [-0.25, -0.2) is 4.99 Å². The van der Waals surface area contributed by atoms with Crippen LogP contribution in [0.2, 0.25) is 0 Å². The zero-order valence-corrected chi connectivity index (χ0v) is 29.8. The van der Waals surface area contributed by atoms with Crippen LogP contribution in [0.25, 0.3) is 16.8 Å². The summed E-state index contributed by atoms with van der Waals surface area (Å²) in [5.41, 5.74) is 11.7. The number of rotatable bonds is 13. The molecule has 0 spiro atoms. The zero-order valence-electron chi connectivity index (χ0n) is 29.8. The van der Waals surface area contributed by atoms with Crippen molar-refractivity contribution in [1.29, 1.82) is 0 Å². The van der Waals surface area contributed by atoms with Crippen LogP contribution in [-0.4, -0.2) is 31.0 Å². The number of methoxy groups -OCH3 is 2. The summed E-state index contributed by atoms with van der Waals surface area (Å²) in [5.74, 6) is 1.10. The molecule has 0 saturated carbocycles. The van der Waals surface area contributed by atoms with E-state index < -0.39 is 0 Å². The number of aliphatic imine (C=N–C) groups is 2. The Bertz CT molecular complexity index is 1630. The molecule has 47 heavy (non-hydrogen) atoms. The van der Waals surface area contributed by atoms with Gasteiger partial charge in [0.2, 0.25) is 0 Å². The van der Waals surface area contributed by atoms with Crippen molar-refractivity contribution in [3.05, 3.63) is 125 Å². The maximum absolute atomic E-state index is 5.26.